The van der Waals surface area contributed by atoms with Gasteiger partial charge >= 0.3 is 0 Å². The van der Waals surface area contributed by atoms with E-state index in [-0.39, 0.29) is 11.3 Å². The van der Waals surface area contributed by atoms with Crippen LogP contribution in [0.15, 0.2) is 22.7 Å². The summed E-state index contributed by atoms with van der Waals surface area (Å²) in [6, 6.07) is 5.70. The van der Waals surface area contributed by atoms with E-state index in [1.54, 1.807) is 0 Å². The SMILES string of the molecule is CCCCCC(C)(C)CNC(=O)c1ccc(Br)c(C)c1. The lowest BCUT2D eigenvalue weighted by atomic mass is 9.87. The van der Waals surface area contributed by atoms with E-state index < -0.39 is 0 Å². The highest BCUT2D eigenvalue weighted by molar-refractivity contribution is 9.10. The number of hydrogen-bond acceptors (Lipinski definition) is 1. The third-order valence-corrected chi connectivity index (χ3v) is 4.49. The number of aryl methyl sites for hydroxylation is 1. The molecule has 0 unspecified atom stereocenters. The molecule has 0 saturated carbocycles. The zero-order valence-electron chi connectivity index (χ0n) is 13.1. The summed E-state index contributed by atoms with van der Waals surface area (Å²) in [6.45, 7) is 9.37. The molecule has 1 N–H and O–H groups in total. The number of unbranched alkanes of at least 4 members (excludes halogenated alkanes) is 2. The highest BCUT2D eigenvalue weighted by atomic mass is 79.9. The molecule has 0 aliphatic rings. The van der Waals surface area contributed by atoms with E-state index in [2.05, 4.69) is 42.0 Å². The Hall–Kier alpha value is -0.830. The standard InChI is InChI=1S/C17H26BrNO/c1-5-6-7-10-17(3,4)12-19-16(20)14-8-9-15(18)13(2)11-14/h8-9,11H,5-7,10,12H2,1-4H3,(H,19,20). The van der Waals surface area contributed by atoms with Gasteiger partial charge in [-0.25, -0.2) is 0 Å². The van der Waals surface area contributed by atoms with E-state index in [4.69, 9.17) is 0 Å². The fourth-order valence-electron chi connectivity index (χ4n) is 2.15. The Morgan fingerprint density at radius 1 is 1.30 bits per heavy atom. The third-order valence-electron chi connectivity index (χ3n) is 3.60. The van der Waals surface area contributed by atoms with Gasteiger partial charge in [0.1, 0.15) is 0 Å². The van der Waals surface area contributed by atoms with Gasteiger partial charge in [0.25, 0.3) is 5.91 Å². The van der Waals surface area contributed by atoms with Crippen LogP contribution in [-0.4, -0.2) is 12.5 Å². The van der Waals surface area contributed by atoms with Gasteiger partial charge in [-0.3, -0.25) is 4.79 Å². The van der Waals surface area contributed by atoms with Crippen molar-refractivity contribution >= 4 is 21.8 Å². The molecule has 0 atom stereocenters. The van der Waals surface area contributed by atoms with Gasteiger partial charge in [0.15, 0.2) is 0 Å². The lowest BCUT2D eigenvalue weighted by Gasteiger charge is -2.25. The number of halogens is 1. The van der Waals surface area contributed by atoms with Crippen LogP contribution in [0.4, 0.5) is 0 Å². The summed E-state index contributed by atoms with van der Waals surface area (Å²) < 4.78 is 1.04. The number of carbonyl (C=O) groups excluding carboxylic acids is 1. The number of rotatable bonds is 7. The van der Waals surface area contributed by atoms with Crippen molar-refractivity contribution < 1.29 is 4.79 Å². The monoisotopic (exact) mass is 339 g/mol. The summed E-state index contributed by atoms with van der Waals surface area (Å²) in [4.78, 5) is 12.2. The zero-order chi connectivity index (χ0) is 15.2. The summed E-state index contributed by atoms with van der Waals surface area (Å²) >= 11 is 3.45. The Balaban J connectivity index is 2.51. The molecule has 1 amide bonds. The Morgan fingerprint density at radius 3 is 2.60 bits per heavy atom. The van der Waals surface area contributed by atoms with Crippen LogP contribution in [0, 0.1) is 12.3 Å². The van der Waals surface area contributed by atoms with Crippen LogP contribution in [-0.2, 0) is 0 Å². The van der Waals surface area contributed by atoms with E-state index in [0.29, 0.717) is 0 Å². The molecule has 0 aliphatic carbocycles. The van der Waals surface area contributed by atoms with Gasteiger partial charge in [0.05, 0.1) is 0 Å². The van der Waals surface area contributed by atoms with Gasteiger partial charge < -0.3 is 5.32 Å². The predicted molar refractivity (Wildman–Crippen MR) is 89.1 cm³/mol. The van der Waals surface area contributed by atoms with E-state index in [9.17, 15) is 4.79 Å². The molecule has 112 valence electrons. The smallest absolute Gasteiger partial charge is 0.251 e. The van der Waals surface area contributed by atoms with Crippen LogP contribution < -0.4 is 5.32 Å². The lowest BCUT2D eigenvalue weighted by molar-refractivity contribution is 0.0934. The Kier molecular flexibility index (Phi) is 6.74. The van der Waals surface area contributed by atoms with Gasteiger partial charge in [-0.05, 0) is 42.5 Å². The van der Waals surface area contributed by atoms with E-state index in [1.807, 2.05) is 25.1 Å². The van der Waals surface area contributed by atoms with Crippen molar-refractivity contribution in [2.75, 3.05) is 6.54 Å². The van der Waals surface area contributed by atoms with Crippen molar-refractivity contribution in [2.45, 2.75) is 53.4 Å². The number of carbonyl (C=O) groups is 1. The molecule has 2 nitrogen and oxygen atoms in total. The molecular formula is C17H26BrNO. The van der Waals surface area contributed by atoms with E-state index in [0.717, 1.165) is 28.6 Å². The summed E-state index contributed by atoms with van der Waals surface area (Å²) in [5.74, 6) is 0.0177. The molecule has 0 saturated heterocycles. The number of benzene rings is 1. The van der Waals surface area contributed by atoms with Crippen LogP contribution in [0.1, 0.15) is 62.4 Å². The first-order chi connectivity index (χ1) is 9.35. The average Bonchev–Trinajstić information content (AvgIpc) is 2.39. The fraction of sp³-hybridized carbons (Fsp3) is 0.588. The van der Waals surface area contributed by atoms with Crippen molar-refractivity contribution in [2.24, 2.45) is 5.41 Å². The number of amides is 1. The van der Waals surface area contributed by atoms with E-state index >= 15 is 0 Å². The summed E-state index contributed by atoms with van der Waals surface area (Å²) in [5, 5.41) is 3.06. The molecule has 1 rings (SSSR count). The van der Waals surface area contributed by atoms with Crippen LogP contribution in [0.5, 0.6) is 0 Å². The predicted octanol–water partition coefficient (Wildman–Crippen LogP) is 5.09. The van der Waals surface area contributed by atoms with Gasteiger partial charge in [0, 0.05) is 16.6 Å². The van der Waals surface area contributed by atoms with Crippen molar-refractivity contribution in [1.82, 2.24) is 5.32 Å². The third kappa shape index (κ3) is 5.66. The van der Waals surface area contributed by atoms with Crippen molar-refractivity contribution in [3.8, 4) is 0 Å². The van der Waals surface area contributed by atoms with Crippen LogP contribution in [0.25, 0.3) is 0 Å². The average molecular weight is 340 g/mol. The summed E-state index contributed by atoms with van der Waals surface area (Å²) in [5.41, 5.74) is 1.98. The minimum absolute atomic E-state index is 0.0177. The molecule has 0 bridgehead atoms. The van der Waals surface area contributed by atoms with Crippen LogP contribution in [0.2, 0.25) is 0 Å². The largest absolute Gasteiger partial charge is 0.352 e. The maximum absolute atomic E-state index is 12.2. The number of hydrogen-bond donors (Lipinski definition) is 1. The van der Waals surface area contributed by atoms with Crippen molar-refractivity contribution in [1.29, 1.82) is 0 Å². The van der Waals surface area contributed by atoms with E-state index in [1.165, 1.54) is 19.3 Å². The minimum Gasteiger partial charge on any atom is -0.352 e. The molecule has 0 aliphatic heterocycles. The molecule has 0 spiro atoms. The zero-order valence-corrected chi connectivity index (χ0v) is 14.6. The maximum Gasteiger partial charge on any atom is 0.251 e. The fourth-order valence-corrected chi connectivity index (χ4v) is 2.40. The molecular weight excluding hydrogens is 314 g/mol. The highest BCUT2D eigenvalue weighted by Gasteiger charge is 2.18. The molecule has 0 aromatic heterocycles. The first kappa shape index (κ1) is 17.2. The van der Waals surface area contributed by atoms with Crippen molar-refractivity contribution in [3.63, 3.8) is 0 Å². The Morgan fingerprint density at radius 2 is 2.00 bits per heavy atom. The molecule has 20 heavy (non-hydrogen) atoms. The first-order valence-corrected chi connectivity index (χ1v) is 8.19. The van der Waals surface area contributed by atoms with Crippen molar-refractivity contribution in [3.05, 3.63) is 33.8 Å². The van der Waals surface area contributed by atoms with Gasteiger partial charge in [-0.15, -0.1) is 0 Å². The molecule has 0 heterocycles. The topological polar surface area (TPSA) is 29.1 Å². The summed E-state index contributed by atoms with van der Waals surface area (Å²) in [7, 11) is 0. The molecule has 1 aromatic rings. The maximum atomic E-state index is 12.2. The molecule has 0 fully saturated rings. The van der Waals surface area contributed by atoms with Gasteiger partial charge in [0.2, 0.25) is 0 Å². The second-order valence-corrected chi connectivity index (χ2v) is 7.12. The quantitative estimate of drug-likeness (QED) is 0.688. The first-order valence-electron chi connectivity index (χ1n) is 7.40. The Bertz CT molecular complexity index is 454. The summed E-state index contributed by atoms with van der Waals surface area (Å²) in [6.07, 6.45) is 4.89. The minimum atomic E-state index is 0.0177. The second kappa shape index (κ2) is 7.82. The highest BCUT2D eigenvalue weighted by Crippen LogP contribution is 2.23. The lowest BCUT2D eigenvalue weighted by Crippen LogP contribution is -2.34. The molecule has 3 heteroatoms. The molecule has 0 radical (unpaired) electrons. The second-order valence-electron chi connectivity index (χ2n) is 6.27. The number of nitrogens with one attached hydrogen (secondary N) is 1. The molecule has 1 aromatic carbocycles. The van der Waals surface area contributed by atoms with Gasteiger partial charge in [-0.1, -0.05) is 56.0 Å². The van der Waals surface area contributed by atoms with Crippen LogP contribution in [0.3, 0.4) is 0 Å². The van der Waals surface area contributed by atoms with Gasteiger partial charge in [-0.2, -0.15) is 0 Å². The Labute approximate surface area is 131 Å². The van der Waals surface area contributed by atoms with Crippen LogP contribution >= 0.6 is 15.9 Å². The normalized spacial score (nSPS) is 11.4.